The molecule has 0 saturated carbocycles. The first-order valence-corrected chi connectivity index (χ1v) is 6.31. The summed E-state index contributed by atoms with van der Waals surface area (Å²) < 4.78 is 0. The van der Waals surface area contributed by atoms with Gasteiger partial charge >= 0.3 is 0 Å². The summed E-state index contributed by atoms with van der Waals surface area (Å²) >= 11 is 0. The maximum atomic E-state index is 4.47. The molecule has 0 aliphatic carbocycles. The smallest absolute Gasteiger partial charge is 0.125 e. The summed E-state index contributed by atoms with van der Waals surface area (Å²) in [7, 11) is 0. The van der Waals surface area contributed by atoms with Crippen LogP contribution in [0.5, 0.6) is 0 Å². The van der Waals surface area contributed by atoms with Crippen LogP contribution in [0.15, 0.2) is 31.4 Å². The molecular formula is C15H22N2. The van der Waals surface area contributed by atoms with Gasteiger partial charge in [-0.1, -0.05) is 12.2 Å². The lowest BCUT2D eigenvalue weighted by Gasteiger charge is -2.05. The Labute approximate surface area is 105 Å². The van der Waals surface area contributed by atoms with Gasteiger partial charge in [-0.3, -0.25) is 0 Å². The van der Waals surface area contributed by atoms with Crippen LogP contribution >= 0.6 is 0 Å². The molecule has 1 heterocycles. The van der Waals surface area contributed by atoms with Gasteiger partial charge in [0.1, 0.15) is 5.82 Å². The molecule has 0 aliphatic rings. The highest BCUT2D eigenvalue weighted by molar-refractivity contribution is 5.11. The Morgan fingerprint density at radius 3 is 1.88 bits per heavy atom. The lowest BCUT2D eigenvalue weighted by Crippen LogP contribution is -2.00. The molecule has 0 bridgehead atoms. The molecule has 0 radical (unpaired) electrons. The number of hydrogen-bond donors (Lipinski definition) is 0. The van der Waals surface area contributed by atoms with Crippen molar-refractivity contribution in [2.24, 2.45) is 0 Å². The van der Waals surface area contributed by atoms with Gasteiger partial charge in [0.25, 0.3) is 0 Å². The van der Waals surface area contributed by atoms with Gasteiger partial charge in [-0.25, -0.2) is 9.97 Å². The van der Waals surface area contributed by atoms with Gasteiger partial charge in [-0.05, 0) is 51.5 Å². The number of nitrogens with zero attached hydrogens (tertiary/aromatic N) is 2. The molecule has 0 atom stereocenters. The first-order valence-electron chi connectivity index (χ1n) is 6.31. The molecule has 1 rings (SSSR count). The number of aromatic nitrogens is 2. The molecule has 0 unspecified atom stereocenters. The van der Waals surface area contributed by atoms with E-state index in [0.717, 1.165) is 55.7 Å². The van der Waals surface area contributed by atoms with E-state index in [-0.39, 0.29) is 0 Å². The third-order valence-corrected chi connectivity index (χ3v) is 2.63. The van der Waals surface area contributed by atoms with Crippen molar-refractivity contribution < 1.29 is 0 Å². The number of unbranched alkanes of at least 4 members (excludes halogenated alkanes) is 2. The first-order chi connectivity index (χ1) is 8.26. The molecule has 0 spiro atoms. The van der Waals surface area contributed by atoms with Crippen LogP contribution < -0.4 is 0 Å². The fourth-order valence-electron chi connectivity index (χ4n) is 1.81. The molecule has 1 aromatic heterocycles. The Morgan fingerprint density at radius 1 is 1.00 bits per heavy atom. The van der Waals surface area contributed by atoms with Crippen LogP contribution in [0.3, 0.4) is 0 Å². The fraction of sp³-hybridized carbons (Fsp3) is 0.467. The standard InChI is InChI=1S/C15H22N2/c1-4-6-8-10-14-12-15(11-9-7-5-2)17-13(3)16-14/h4-5,12H,1-2,6-11H2,3H3. The minimum absolute atomic E-state index is 0.884. The van der Waals surface area contributed by atoms with Crippen molar-refractivity contribution in [3.63, 3.8) is 0 Å². The topological polar surface area (TPSA) is 25.8 Å². The second kappa shape index (κ2) is 7.77. The number of aryl methyl sites for hydroxylation is 3. The van der Waals surface area contributed by atoms with Crippen molar-refractivity contribution in [1.82, 2.24) is 9.97 Å². The van der Waals surface area contributed by atoms with Crippen LogP contribution in [-0.2, 0) is 12.8 Å². The molecule has 92 valence electrons. The molecule has 2 nitrogen and oxygen atoms in total. The Kier molecular flexibility index (Phi) is 6.23. The summed E-state index contributed by atoms with van der Waals surface area (Å²) in [5.41, 5.74) is 2.32. The van der Waals surface area contributed by atoms with Crippen molar-refractivity contribution in [2.45, 2.75) is 45.4 Å². The highest BCUT2D eigenvalue weighted by atomic mass is 14.9. The van der Waals surface area contributed by atoms with Crippen LogP contribution in [0.25, 0.3) is 0 Å². The molecule has 0 aliphatic heterocycles. The molecule has 0 amide bonds. The first kappa shape index (κ1) is 13.6. The van der Waals surface area contributed by atoms with Gasteiger partial charge < -0.3 is 0 Å². The average Bonchev–Trinajstić information content (AvgIpc) is 2.29. The highest BCUT2D eigenvalue weighted by Gasteiger charge is 2.01. The predicted molar refractivity (Wildman–Crippen MR) is 73.0 cm³/mol. The van der Waals surface area contributed by atoms with Gasteiger partial charge in [-0.15, -0.1) is 13.2 Å². The third kappa shape index (κ3) is 5.43. The normalized spacial score (nSPS) is 10.2. The quantitative estimate of drug-likeness (QED) is 0.501. The predicted octanol–water partition coefficient (Wildman–Crippen LogP) is 3.80. The van der Waals surface area contributed by atoms with E-state index in [1.807, 2.05) is 19.1 Å². The Bertz CT molecular complexity index is 337. The van der Waals surface area contributed by atoms with E-state index in [9.17, 15) is 0 Å². The Hall–Kier alpha value is -1.44. The van der Waals surface area contributed by atoms with E-state index in [1.165, 1.54) is 0 Å². The summed E-state index contributed by atoms with van der Waals surface area (Å²) in [5, 5.41) is 0. The second-order valence-electron chi connectivity index (χ2n) is 4.26. The fourth-order valence-corrected chi connectivity index (χ4v) is 1.81. The SMILES string of the molecule is C=CCCCc1cc(CCCC=C)nc(C)n1. The van der Waals surface area contributed by atoms with E-state index in [1.54, 1.807) is 0 Å². The number of rotatable bonds is 8. The van der Waals surface area contributed by atoms with E-state index < -0.39 is 0 Å². The lowest BCUT2D eigenvalue weighted by atomic mass is 10.1. The van der Waals surface area contributed by atoms with E-state index in [0.29, 0.717) is 0 Å². The van der Waals surface area contributed by atoms with Gasteiger partial charge in [0.15, 0.2) is 0 Å². The van der Waals surface area contributed by atoms with E-state index in [2.05, 4.69) is 29.2 Å². The van der Waals surface area contributed by atoms with Crippen LogP contribution in [-0.4, -0.2) is 9.97 Å². The molecule has 17 heavy (non-hydrogen) atoms. The van der Waals surface area contributed by atoms with Crippen LogP contribution in [0.4, 0.5) is 0 Å². The highest BCUT2D eigenvalue weighted by Crippen LogP contribution is 2.08. The monoisotopic (exact) mass is 230 g/mol. The molecule has 1 aromatic rings. The molecule has 2 heteroatoms. The molecule has 0 N–H and O–H groups in total. The van der Waals surface area contributed by atoms with Gasteiger partial charge in [-0.2, -0.15) is 0 Å². The summed E-state index contributed by atoms with van der Waals surface area (Å²) in [6, 6.07) is 2.14. The van der Waals surface area contributed by atoms with Crippen LogP contribution in [0, 0.1) is 6.92 Å². The van der Waals surface area contributed by atoms with E-state index in [4.69, 9.17) is 0 Å². The summed E-state index contributed by atoms with van der Waals surface area (Å²) in [6.07, 6.45) is 10.3. The zero-order valence-corrected chi connectivity index (χ0v) is 10.8. The Morgan fingerprint density at radius 2 is 1.47 bits per heavy atom. The average molecular weight is 230 g/mol. The zero-order valence-electron chi connectivity index (χ0n) is 10.8. The molecule has 0 aromatic carbocycles. The lowest BCUT2D eigenvalue weighted by molar-refractivity contribution is 0.769. The molecular weight excluding hydrogens is 208 g/mol. The van der Waals surface area contributed by atoms with Crippen molar-refractivity contribution in [1.29, 1.82) is 0 Å². The maximum absolute atomic E-state index is 4.47. The summed E-state index contributed by atoms with van der Waals surface area (Å²) in [4.78, 5) is 8.94. The zero-order chi connectivity index (χ0) is 12.5. The van der Waals surface area contributed by atoms with Crippen LogP contribution in [0.2, 0.25) is 0 Å². The Balaban J connectivity index is 2.58. The minimum atomic E-state index is 0.884. The largest absolute Gasteiger partial charge is 0.238 e. The van der Waals surface area contributed by atoms with Crippen molar-refractivity contribution in [2.75, 3.05) is 0 Å². The maximum Gasteiger partial charge on any atom is 0.125 e. The number of hydrogen-bond acceptors (Lipinski definition) is 2. The summed E-state index contributed by atoms with van der Waals surface area (Å²) in [5.74, 6) is 0.884. The molecule has 0 fully saturated rings. The van der Waals surface area contributed by atoms with Gasteiger partial charge in [0.05, 0.1) is 0 Å². The van der Waals surface area contributed by atoms with Crippen molar-refractivity contribution in [3.05, 3.63) is 48.6 Å². The number of allylic oxidation sites excluding steroid dienone is 2. The van der Waals surface area contributed by atoms with Crippen molar-refractivity contribution >= 4 is 0 Å². The third-order valence-electron chi connectivity index (χ3n) is 2.63. The van der Waals surface area contributed by atoms with Gasteiger partial charge in [0, 0.05) is 11.4 Å². The van der Waals surface area contributed by atoms with Gasteiger partial charge in [0.2, 0.25) is 0 Å². The molecule has 0 saturated heterocycles. The minimum Gasteiger partial charge on any atom is -0.238 e. The second-order valence-corrected chi connectivity index (χ2v) is 4.26. The van der Waals surface area contributed by atoms with Crippen molar-refractivity contribution in [3.8, 4) is 0 Å². The van der Waals surface area contributed by atoms with Crippen LogP contribution in [0.1, 0.15) is 42.9 Å². The summed E-state index contributed by atoms with van der Waals surface area (Å²) in [6.45, 7) is 9.44. The van der Waals surface area contributed by atoms with E-state index >= 15 is 0 Å².